The molecule has 3 aliphatic carbocycles. The van der Waals surface area contributed by atoms with Gasteiger partial charge in [0.25, 0.3) is 0 Å². The van der Waals surface area contributed by atoms with E-state index in [4.69, 9.17) is 18.9 Å². The second-order valence-corrected chi connectivity index (χ2v) is 17.0. The molecule has 3 fully saturated rings. The average Bonchev–Trinajstić information content (AvgIpc) is 3.18. The van der Waals surface area contributed by atoms with Crippen molar-refractivity contribution in [2.45, 2.75) is 134 Å². The zero-order valence-electron chi connectivity index (χ0n) is 33.8. The highest BCUT2D eigenvalue weighted by Gasteiger charge is 2.78. The highest BCUT2D eigenvalue weighted by molar-refractivity contribution is 5.94. The molecule has 314 valence electrons. The smallest absolute Gasteiger partial charge is 0.338 e. The maximum Gasteiger partial charge on any atom is 0.338 e. The summed E-state index contributed by atoms with van der Waals surface area (Å²) in [6, 6.07) is 15.1. The van der Waals surface area contributed by atoms with Crippen LogP contribution in [0.2, 0.25) is 0 Å². The van der Waals surface area contributed by atoms with E-state index in [0.717, 1.165) is 19.8 Å². The molecule has 58 heavy (non-hydrogen) atoms. The van der Waals surface area contributed by atoms with Crippen molar-refractivity contribution >= 4 is 29.6 Å². The van der Waals surface area contributed by atoms with Crippen LogP contribution in [0.1, 0.15) is 102 Å². The second-order valence-electron chi connectivity index (χ2n) is 17.0. The van der Waals surface area contributed by atoms with Gasteiger partial charge < -0.3 is 44.7 Å². The molecule has 11 atom stereocenters. The van der Waals surface area contributed by atoms with Gasteiger partial charge in [-0.05, 0) is 49.1 Å². The molecule has 0 spiro atoms. The quantitative estimate of drug-likeness (QED) is 0.0901. The molecule has 2 aromatic rings. The fraction of sp³-hybridized carbons (Fsp3) is 0.568. The van der Waals surface area contributed by atoms with Gasteiger partial charge in [-0.2, -0.15) is 0 Å². The van der Waals surface area contributed by atoms with Crippen molar-refractivity contribution in [3.05, 3.63) is 82.9 Å². The second kappa shape index (κ2) is 16.3. The van der Waals surface area contributed by atoms with Crippen molar-refractivity contribution in [3.63, 3.8) is 0 Å². The van der Waals surface area contributed by atoms with Crippen molar-refractivity contribution in [1.29, 1.82) is 0 Å². The minimum atomic E-state index is -2.33. The van der Waals surface area contributed by atoms with E-state index < -0.39 is 101 Å². The van der Waals surface area contributed by atoms with Gasteiger partial charge in [0.05, 0.1) is 35.6 Å². The molecule has 14 heteroatoms. The van der Waals surface area contributed by atoms with Gasteiger partial charge in [-0.15, -0.1) is 0 Å². The van der Waals surface area contributed by atoms with Crippen molar-refractivity contribution in [2.24, 2.45) is 16.7 Å². The van der Waals surface area contributed by atoms with Gasteiger partial charge >= 0.3 is 17.9 Å². The summed E-state index contributed by atoms with van der Waals surface area (Å²) in [5.41, 5.74) is -6.98. The number of carbonyl (C=O) groups excluding carboxylic acids is 5. The molecule has 1 aliphatic heterocycles. The van der Waals surface area contributed by atoms with Gasteiger partial charge in [-0.3, -0.25) is 14.4 Å². The van der Waals surface area contributed by atoms with Crippen LogP contribution in [0.5, 0.6) is 0 Å². The number of ketones is 1. The number of Topliss-reactive ketones (excluding diaryl/α,β-unsaturated/α-hetero) is 1. The minimum absolute atomic E-state index is 0.0384. The lowest BCUT2D eigenvalue weighted by Gasteiger charge is -2.67. The number of unbranched alkanes of at least 4 members (excludes halogenated alkanes) is 2. The topological polar surface area (TPSA) is 215 Å². The number of esters is 3. The van der Waals surface area contributed by atoms with Gasteiger partial charge in [0.2, 0.25) is 5.91 Å². The number of fused-ring (bicyclic) bond motifs is 5. The van der Waals surface area contributed by atoms with E-state index in [0.29, 0.717) is 12.0 Å². The van der Waals surface area contributed by atoms with Crippen LogP contribution in [0.15, 0.2) is 71.8 Å². The lowest BCUT2D eigenvalue weighted by atomic mass is 9.44. The van der Waals surface area contributed by atoms with E-state index in [2.05, 4.69) is 5.32 Å². The lowest BCUT2D eigenvalue weighted by molar-refractivity contribution is -0.346. The van der Waals surface area contributed by atoms with Crippen molar-refractivity contribution in [1.82, 2.24) is 5.32 Å². The van der Waals surface area contributed by atoms with Crippen LogP contribution in [0, 0.1) is 16.7 Å². The predicted octanol–water partition coefficient (Wildman–Crippen LogP) is 3.43. The molecule has 2 bridgehead atoms. The Hall–Kier alpha value is -4.47. The Morgan fingerprint density at radius 3 is 2.19 bits per heavy atom. The Balaban J connectivity index is 1.47. The van der Waals surface area contributed by atoms with Crippen LogP contribution in [-0.4, -0.2) is 104 Å². The van der Waals surface area contributed by atoms with Gasteiger partial charge in [-0.25, -0.2) is 9.59 Å². The number of carbonyl (C=O) groups is 5. The minimum Gasteiger partial charge on any atom is -0.456 e. The normalized spacial score (nSPS) is 33.4. The number of ether oxygens (including phenoxy) is 4. The lowest BCUT2D eigenvalue weighted by Crippen LogP contribution is -2.81. The van der Waals surface area contributed by atoms with Gasteiger partial charge in [-0.1, -0.05) is 82.1 Å². The van der Waals surface area contributed by atoms with Gasteiger partial charge in [0.15, 0.2) is 17.5 Å². The highest BCUT2D eigenvalue weighted by atomic mass is 16.6. The molecule has 0 aromatic heterocycles. The first-order valence-corrected chi connectivity index (χ1v) is 20.0. The van der Waals surface area contributed by atoms with E-state index in [1.54, 1.807) is 62.4 Å². The summed E-state index contributed by atoms with van der Waals surface area (Å²) in [5, 5.41) is 51.8. The average molecular weight is 806 g/mol. The number of hydrogen-bond acceptors (Lipinski definition) is 13. The summed E-state index contributed by atoms with van der Waals surface area (Å²) in [7, 11) is 0. The summed E-state index contributed by atoms with van der Waals surface area (Å²) in [5.74, 6) is -5.62. The summed E-state index contributed by atoms with van der Waals surface area (Å²) in [4.78, 5) is 69.0. The number of rotatable bonds is 12. The molecule has 0 radical (unpaired) electrons. The molecule has 0 unspecified atom stereocenters. The predicted molar refractivity (Wildman–Crippen MR) is 207 cm³/mol. The van der Waals surface area contributed by atoms with Crippen LogP contribution in [0.25, 0.3) is 0 Å². The maximum absolute atomic E-state index is 15.0. The Kier molecular flexibility index (Phi) is 12.1. The van der Waals surface area contributed by atoms with E-state index in [1.165, 1.54) is 26.0 Å². The van der Waals surface area contributed by atoms with Crippen LogP contribution in [0.4, 0.5) is 0 Å². The molecule has 1 saturated heterocycles. The van der Waals surface area contributed by atoms with Crippen LogP contribution in [0.3, 0.4) is 0 Å². The van der Waals surface area contributed by atoms with Crippen LogP contribution < -0.4 is 5.32 Å². The monoisotopic (exact) mass is 805 g/mol. The SMILES string of the molecule is CCCCCC(=O)N[C@@H](c1ccccc1)[C@@H](O)C(=O)O[C@H]1C[C@@]2(O)[C@@H](OC(=O)c3ccccc3)[C@@H]3[C@]4(OC(C)=O)CO[C@@H]4C[C@H](O)[C@@]3(C)C(=O)[C@H](O)C(=C1C)C2(C)C. The number of aliphatic hydroxyl groups is 4. The summed E-state index contributed by atoms with van der Waals surface area (Å²) in [6.45, 7) is 8.94. The zero-order valence-corrected chi connectivity index (χ0v) is 33.8. The number of hydrogen-bond donors (Lipinski definition) is 5. The third-order valence-corrected chi connectivity index (χ3v) is 13.2. The van der Waals surface area contributed by atoms with Gasteiger partial charge in [0.1, 0.15) is 30.0 Å². The molecule has 6 rings (SSSR count). The van der Waals surface area contributed by atoms with Crippen LogP contribution >= 0.6 is 0 Å². The molecule has 4 aliphatic rings. The van der Waals surface area contributed by atoms with Crippen molar-refractivity contribution in [2.75, 3.05) is 6.61 Å². The molecule has 1 heterocycles. The van der Waals surface area contributed by atoms with Crippen molar-refractivity contribution in [3.8, 4) is 0 Å². The first kappa shape index (κ1) is 43.1. The van der Waals surface area contributed by atoms with E-state index in [-0.39, 0.29) is 42.1 Å². The number of amides is 1. The first-order valence-electron chi connectivity index (χ1n) is 20.0. The Bertz CT molecular complexity index is 1930. The molecular formula is C44H55NO13. The molecular weight excluding hydrogens is 750 g/mol. The number of aliphatic hydroxyl groups excluding tert-OH is 3. The summed E-state index contributed by atoms with van der Waals surface area (Å²) in [6.07, 6.45) is -7.83. The molecule has 2 saturated carbocycles. The highest BCUT2D eigenvalue weighted by Crippen LogP contribution is 2.64. The molecule has 2 aromatic carbocycles. The van der Waals surface area contributed by atoms with E-state index >= 15 is 0 Å². The largest absolute Gasteiger partial charge is 0.456 e. The molecule has 1 amide bonds. The molecule has 5 N–H and O–H groups in total. The Labute approximate surface area is 337 Å². The fourth-order valence-corrected chi connectivity index (χ4v) is 9.91. The van der Waals surface area contributed by atoms with Crippen molar-refractivity contribution < 1.29 is 63.3 Å². The fourth-order valence-electron chi connectivity index (χ4n) is 9.91. The van der Waals surface area contributed by atoms with Crippen LogP contribution in [-0.2, 0) is 38.1 Å². The number of nitrogens with one attached hydrogen (secondary N) is 1. The Morgan fingerprint density at radius 2 is 1.60 bits per heavy atom. The van der Waals surface area contributed by atoms with Gasteiger partial charge in [0, 0.05) is 31.6 Å². The molecule has 14 nitrogen and oxygen atoms in total. The van der Waals surface area contributed by atoms with E-state index in [1.807, 2.05) is 6.92 Å². The number of benzene rings is 2. The summed E-state index contributed by atoms with van der Waals surface area (Å²) < 4.78 is 24.2. The standard InChI is InChI=1S/C44H55NO13/c1-7-8-11-20-31(48)45-33(26-16-12-9-13-17-26)35(50)40(53)56-28-22-44(54)38(57-39(52)27-18-14-10-15-19-27)36-42(6,37(51)34(49)32(24(28)2)41(44,4)5)29(47)21-30-43(36,23-55-30)58-25(3)46/h9-10,12-19,28-30,33-36,38,47,49-50,54H,7-8,11,20-23H2,1-6H3,(H,45,48)/t28-,29-,30+,33-,34+,35+,36-,38-,42+,43-,44+/m0/s1. The zero-order chi connectivity index (χ0) is 42.4. The maximum atomic E-state index is 15.0. The van der Waals surface area contributed by atoms with E-state index in [9.17, 15) is 44.4 Å². The third kappa shape index (κ3) is 7.16. The Morgan fingerprint density at radius 1 is 0.966 bits per heavy atom. The first-order chi connectivity index (χ1) is 27.3. The summed E-state index contributed by atoms with van der Waals surface area (Å²) >= 11 is 0. The third-order valence-electron chi connectivity index (χ3n) is 13.2.